The highest BCUT2D eigenvalue weighted by molar-refractivity contribution is 6.35. The van der Waals surface area contributed by atoms with E-state index in [4.69, 9.17) is 22.1 Å². The quantitative estimate of drug-likeness (QED) is 0.700. The van der Waals surface area contributed by atoms with Crippen molar-refractivity contribution in [2.24, 2.45) is 5.73 Å². The lowest BCUT2D eigenvalue weighted by Gasteiger charge is -2.20. The second-order valence-corrected chi connectivity index (χ2v) is 6.57. The van der Waals surface area contributed by atoms with Crippen molar-refractivity contribution < 1.29 is 19.1 Å². The Labute approximate surface area is 166 Å². The Morgan fingerprint density at radius 3 is 2.54 bits per heavy atom. The van der Waals surface area contributed by atoms with Crippen LogP contribution in [0.3, 0.4) is 0 Å². The van der Waals surface area contributed by atoms with Gasteiger partial charge in [0.2, 0.25) is 5.91 Å². The molecule has 3 N–H and O–H groups in total. The molecule has 3 rings (SSSR count). The van der Waals surface area contributed by atoms with Crippen LogP contribution in [0.15, 0.2) is 54.7 Å². The van der Waals surface area contributed by atoms with Crippen LogP contribution in [0.2, 0.25) is 5.02 Å². The minimum atomic E-state index is -1.12. The molecule has 0 aliphatic heterocycles. The Kier molecular flexibility index (Phi) is 5.77. The first-order valence-electron chi connectivity index (χ1n) is 8.50. The number of halogens is 1. The van der Waals surface area contributed by atoms with Crippen molar-refractivity contribution in [3.63, 3.8) is 0 Å². The van der Waals surface area contributed by atoms with E-state index in [1.165, 1.54) is 12.1 Å². The van der Waals surface area contributed by atoms with E-state index < -0.39 is 23.9 Å². The van der Waals surface area contributed by atoms with Gasteiger partial charge in [-0.3, -0.25) is 9.59 Å². The average molecular weight is 400 g/mol. The van der Waals surface area contributed by atoms with Gasteiger partial charge in [-0.1, -0.05) is 41.9 Å². The first-order chi connectivity index (χ1) is 13.4. The maximum atomic E-state index is 12.7. The highest BCUT2D eigenvalue weighted by atomic mass is 35.5. The number of fused-ring (bicyclic) bond motifs is 1. The fourth-order valence-corrected chi connectivity index (χ4v) is 3.07. The van der Waals surface area contributed by atoms with E-state index in [0.717, 1.165) is 23.4 Å². The van der Waals surface area contributed by atoms with Gasteiger partial charge in [0.05, 0.1) is 16.6 Å². The minimum Gasteiger partial charge on any atom is -0.410 e. The van der Waals surface area contributed by atoms with Crippen LogP contribution < -0.4 is 10.5 Å². The monoisotopic (exact) mass is 399 g/mol. The summed E-state index contributed by atoms with van der Waals surface area (Å²) in [5.41, 5.74) is 7.49. The number of nitrogens with two attached hydrogens (primary N) is 1. The lowest BCUT2D eigenvalue weighted by Crippen LogP contribution is -2.50. The van der Waals surface area contributed by atoms with E-state index in [1.807, 2.05) is 6.07 Å². The molecule has 0 saturated heterocycles. The van der Waals surface area contributed by atoms with Gasteiger partial charge in [0, 0.05) is 18.5 Å². The standard InChI is InChI=1S/C20H18ClN3O4/c1-12(25)24(20(27)28-14-6-3-2-4-7-14)19(26)17(22)10-13-11-23-18-15(13)8-5-9-16(18)21/h2-9,11,17,23H,10,22H2,1H3. The molecule has 0 radical (unpaired) electrons. The smallest absolute Gasteiger partial charge is 0.410 e. The molecule has 8 heteroatoms. The number of aromatic nitrogens is 1. The van der Waals surface area contributed by atoms with Crippen molar-refractivity contribution in [1.29, 1.82) is 0 Å². The molecule has 1 heterocycles. The second kappa shape index (κ2) is 8.24. The molecule has 1 aromatic heterocycles. The number of nitrogens with zero attached hydrogens (tertiary/aromatic N) is 1. The maximum Gasteiger partial charge on any atom is 0.429 e. The van der Waals surface area contributed by atoms with Crippen LogP contribution in [0.4, 0.5) is 4.79 Å². The number of hydrogen-bond donors (Lipinski definition) is 2. The molecule has 0 saturated carbocycles. The Morgan fingerprint density at radius 2 is 1.86 bits per heavy atom. The summed E-state index contributed by atoms with van der Waals surface area (Å²) in [5.74, 6) is -1.40. The molecule has 0 bridgehead atoms. The zero-order valence-electron chi connectivity index (χ0n) is 15.0. The summed E-state index contributed by atoms with van der Waals surface area (Å²) >= 11 is 6.14. The molecular formula is C20H18ClN3O4. The predicted molar refractivity (Wildman–Crippen MR) is 105 cm³/mol. The van der Waals surface area contributed by atoms with Gasteiger partial charge in [0.1, 0.15) is 5.75 Å². The largest absolute Gasteiger partial charge is 0.429 e. The molecule has 1 atom stereocenters. The topological polar surface area (TPSA) is 105 Å². The van der Waals surface area contributed by atoms with Crippen LogP contribution in [0.25, 0.3) is 10.9 Å². The summed E-state index contributed by atoms with van der Waals surface area (Å²) in [7, 11) is 0. The van der Waals surface area contributed by atoms with Gasteiger partial charge < -0.3 is 15.5 Å². The molecule has 144 valence electrons. The van der Waals surface area contributed by atoms with E-state index >= 15 is 0 Å². The normalized spacial score (nSPS) is 11.8. The van der Waals surface area contributed by atoms with Crippen LogP contribution in [0.5, 0.6) is 5.75 Å². The van der Waals surface area contributed by atoms with Crippen molar-refractivity contribution >= 4 is 40.4 Å². The number of nitrogens with one attached hydrogen (secondary N) is 1. The summed E-state index contributed by atoms with van der Waals surface area (Å²) in [4.78, 5) is 40.4. The average Bonchev–Trinajstić information content (AvgIpc) is 3.06. The third-order valence-corrected chi connectivity index (χ3v) is 4.49. The van der Waals surface area contributed by atoms with Crippen molar-refractivity contribution in [3.8, 4) is 5.75 Å². The van der Waals surface area contributed by atoms with Gasteiger partial charge in [-0.2, -0.15) is 4.90 Å². The van der Waals surface area contributed by atoms with Crippen LogP contribution in [0.1, 0.15) is 12.5 Å². The van der Waals surface area contributed by atoms with Crippen LogP contribution in [-0.2, 0) is 16.0 Å². The van der Waals surface area contributed by atoms with E-state index in [9.17, 15) is 14.4 Å². The number of H-pyrrole nitrogens is 1. The number of ether oxygens (including phenoxy) is 1. The number of rotatable bonds is 4. The van der Waals surface area contributed by atoms with Crippen LogP contribution in [-0.4, -0.2) is 33.8 Å². The number of carbonyl (C=O) groups is 3. The van der Waals surface area contributed by atoms with Gasteiger partial charge >= 0.3 is 6.09 Å². The van der Waals surface area contributed by atoms with E-state index in [-0.39, 0.29) is 12.2 Å². The van der Waals surface area contributed by atoms with Crippen molar-refractivity contribution in [2.75, 3.05) is 0 Å². The summed E-state index contributed by atoms with van der Waals surface area (Å²) < 4.78 is 5.10. The number of hydrogen-bond acceptors (Lipinski definition) is 5. The molecule has 0 spiro atoms. The zero-order valence-corrected chi connectivity index (χ0v) is 15.8. The molecule has 0 fully saturated rings. The van der Waals surface area contributed by atoms with Crippen molar-refractivity contribution in [3.05, 3.63) is 65.3 Å². The van der Waals surface area contributed by atoms with Gasteiger partial charge in [-0.15, -0.1) is 0 Å². The molecule has 28 heavy (non-hydrogen) atoms. The summed E-state index contributed by atoms with van der Waals surface area (Å²) in [5, 5.41) is 1.36. The molecule has 0 aliphatic carbocycles. The van der Waals surface area contributed by atoms with E-state index in [0.29, 0.717) is 9.92 Å². The summed E-state index contributed by atoms with van der Waals surface area (Å²) in [6.07, 6.45) is 0.715. The first kappa shape index (κ1) is 19.6. The van der Waals surface area contributed by atoms with Crippen molar-refractivity contribution in [1.82, 2.24) is 9.88 Å². The third-order valence-electron chi connectivity index (χ3n) is 4.17. The first-order valence-corrected chi connectivity index (χ1v) is 8.87. The molecule has 7 nitrogen and oxygen atoms in total. The van der Waals surface area contributed by atoms with Crippen molar-refractivity contribution in [2.45, 2.75) is 19.4 Å². The number of carbonyl (C=O) groups excluding carboxylic acids is 3. The maximum absolute atomic E-state index is 12.7. The predicted octanol–water partition coefficient (Wildman–Crippen LogP) is 3.27. The highest BCUT2D eigenvalue weighted by Crippen LogP contribution is 2.26. The Hall–Kier alpha value is -3.16. The highest BCUT2D eigenvalue weighted by Gasteiger charge is 2.32. The number of benzene rings is 2. The molecule has 1 unspecified atom stereocenters. The third kappa shape index (κ3) is 4.05. The fourth-order valence-electron chi connectivity index (χ4n) is 2.84. The summed E-state index contributed by atoms with van der Waals surface area (Å²) in [6.45, 7) is 1.10. The number of imide groups is 3. The fraction of sp³-hybridized carbons (Fsp3) is 0.150. The molecule has 3 amide bonds. The number of aromatic amines is 1. The van der Waals surface area contributed by atoms with E-state index in [2.05, 4.69) is 4.98 Å². The SMILES string of the molecule is CC(=O)N(C(=O)Oc1ccccc1)C(=O)C(N)Cc1c[nH]c2c(Cl)cccc12. The Balaban J connectivity index is 1.77. The molecule has 0 aliphatic rings. The second-order valence-electron chi connectivity index (χ2n) is 6.16. The Bertz CT molecular complexity index is 1030. The molecule has 3 aromatic rings. The van der Waals surface area contributed by atoms with Gasteiger partial charge in [0.15, 0.2) is 0 Å². The number of amides is 3. The zero-order chi connectivity index (χ0) is 20.3. The lowest BCUT2D eigenvalue weighted by molar-refractivity contribution is -0.141. The van der Waals surface area contributed by atoms with Crippen LogP contribution >= 0.6 is 11.6 Å². The lowest BCUT2D eigenvalue weighted by atomic mass is 10.0. The molecular weight excluding hydrogens is 382 g/mol. The van der Waals surface area contributed by atoms with E-state index in [1.54, 1.807) is 36.5 Å². The van der Waals surface area contributed by atoms with Gasteiger partial charge in [-0.25, -0.2) is 4.79 Å². The molecule has 2 aromatic carbocycles. The summed E-state index contributed by atoms with van der Waals surface area (Å²) in [6, 6.07) is 12.4. The van der Waals surface area contributed by atoms with Crippen LogP contribution in [0, 0.1) is 0 Å². The van der Waals surface area contributed by atoms with Gasteiger partial charge in [0.25, 0.3) is 5.91 Å². The minimum absolute atomic E-state index is 0.113. The van der Waals surface area contributed by atoms with Gasteiger partial charge in [-0.05, 0) is 30.2 Å². The Morgan fingerprint density at radius 1 is 1.14 bits per heavy atom. The number of para-hydroxylation sites is 2.